The van der Waals surface area contributed by atoms with Crippen LogP contribution in [0.3, 0.4) is 0 Å². The van der Waals surface area contributed by atoms with E-state index in [0.29, 0.717) is 18.2 Å². The quantitative estimate of drug-likeness (QED) is 0.619. The van der Waals surface area contributed by atoms with Gasteiger partial charge in [0, 0.05) is 37.4 Å². The highest BCUT2D eigenvalue weighted by Crippen LogP contribution is 2.26. The van der Waals surface area contributed by atoms with Crippen LogP contribution in [0.15, 0.2) is 73.1 Å². The first-order valence-corrected chi connectivity index (χ1v) is 10.7. The molecule has 3 atom stereocenters. The molecule has 2 N–H and O–H groups in total. The predicted octanol–water partition coefficient (Wildman–Crippen LogP) is 3.15. The van der Waals surface area contributed by atoms with Gasteiger partial charge in [0.15, 0.2) is 0 Å². The molecular weight excluding hydrogens is 388 g/mol. The summed E-state index contributed by atoms with van der Waals surface area (Å²) < 4.78 is 0. The molecule has 0 radical (unpaired) electrons. The van der Waals surface area contributed by atoms with Crippen LogP contribution in [0.25, 0.3) is 0 Å². The molecule has 6 heteroatoms. The molecule has 1 saturated heterocycles. The topological polar surface area (TPSA) is 78.4 Å². The van der Waals surface area contributed by atoms with Crippen LogP contribution in [0.4, 0.5) is 0 Å². The molecule has 2 heterocycles. The van der Waals surface area contributed by atoms with Crippen LogP contribution >= 0.6 is 0 Å². The molecule has 1 aliphatic heterocycles. The van der Waals surface area contributed by atoms with E-state index in [1.807, 2.05) is 60.7 Å². The highest BCUT2D eigenvalue weighted by Gasteiger charge is 2.29. The third-order valence-corrected chi connectivity index (χ3v) is 5.89. The maximum Gasteiger partial charge on any atom is 0.253 e. The normalized spacial score (nSPS) is 19.2. The number of carbonyl (C=O) groups is 1. The highest BCUT2D eigenvalue weighted by atomic mass is 16.3. The molecule has 31 heavy (non-hydrogen) atoms. The summed E-state index contributed by atoms with van der Waals surface area (Å²) in [6.45, 7) is 0.493. The van der Waals surface area contributed by atoms with E-state index in [-0.39, 0.29) is 11.9 Å². The number of amides is 1. The van der Waals surface area contributed by atoms with Gasteiger partial charge in [-0.1, -0.05) is 42.5 Å². The lowest BCUT2D eigenvalue weighted by molar-refractivity contribution is 0.0785. The summed E-state index contributed by atoms with van der Waals surface area (Å²) in [6.07, 6.45) is 5.67. The summed E-state index contributed by atoms with van der Waals surface area (Å²) >= 11 is 0. The fourth-order valence-electron chi connectivity index (χ4n) is 4.19. The van der Waals surface area contributed by atoms with Gasteiger partial charge in [0.2, 0.25) is 0 Å². The van der Waals surface area contributed by atoms with Crippen molar-refractivity contribution in [2.24, 2.45) is 0 Å². The Bertz CT molecular complexity index is 979. The van der Waals surface area contributed by atoms with Crippen LogP contribution in [0, 0.1) is 0 Å². The molecular formula is C25H28N4O2. The lowest BCUT2D eigenvalue weighted by atomic mass is 10.0. The minimum Gasteiger partial charge on any atom is -0.387 e. The Morgan fingerprint density at radius 3 is 2.55 bits per heavy atom. The van der Waals surface area contributed by atoms with Crippen molar-refractivity contribution in [3.63, 3.8) is 0 Å². The van der Waals surface area contributed by atoms with Crippen LogP contribution in [0.2, 0.25) is 0 Å². The molecule has 160 valence electrons. The smallest absolute Gasteiger partial charge is 0.253 e. The van der Waals surface area contributed by atoms with E-state index in [9.17, 15) is 9.90 Å². The van der Waals surface area contributed by atoms with Crippen molar-refractivity contribution in [1.29, 1.82) is 0 Å². The first-order valence-electron chi connectivity index (χ1n) is 10.7. The fraction of sp³-hybridized carbons (Fsp3) is 0.320. The molecule has 6 nitrogen and oxygen atoms in total. The minimum absolute atomic E-state index is 0.0200. The van der Waals surface area contributed by atoms with Crippen molar-refractivity contribution in [3.8, 4) is 0 Å². The summed E-state index contributed by atoms with van der Waals surface area (Å²) in [4.78, 5) is 14.4. The highest BCUT2D eigenvalue weighted by molar-refractivity contribution is 5.94. The zero-order valence-electron chi connectivity index (χ0n) is 17.7. The van der Waals surface area contributed by atoms with Crippen molar-refractivity contribution >= 4 is 5.91 Å². The van der Waals surface area contributed by atoms with E-state index in [4.69, 9.17) is 0 Å². The lowest BCUT2D eigenvalue weighted by Gasteiger charge is -2.20. The summed E-state index contributed by atoms with van der Waals surface area (Å²) in [7, 11) is 1.79. The zero-order valence-corrected chi connectivity index (χ0v) is 17.7. The van der Waals surface area contributed by atoms with Crippen molar-refractivity contribution in [2.75, 3.05) is 7.05 Å². The maximum absolute atomic E-state index is 12.7. The van der Waals surface area contributed by atoms with Crippen LogP contribution in [0.5, 0.6) is 0 Å². The van der Waals surface area contributed by atoms with E-state index in [2.05, 4.69) is 15.5 Å². The summed E-state index contributed by atoms with van der Waals surface area (Å²) in [5.41, 5.74) is 3.76. The largest absolute Gasteiger partial charge is 0.387 e. The summed E-state index contributed by atoms with van der Waals surface area (Å²) in [6, 6.07) is 19.9. The van der Waals surface area contributed by atoms with Gasteiger partial charge in [0.1, 0.15) is 0 Å². The van der Waals surface area contributed by atoms with Crippen molar-refractivity contribution in [1.82, 2.24) is 20.4 Å². The zero-order chi connectivity index (χ0) is 21.6. The molecule has 1 aliphatic rings. The van der Waals surface area contributed by atoms with Crippen LogP contribution < -0.4 is 5.32 Å². The summed E-state index contributed by atoms with van der Waals surface area (Å²) in [5.74, 6) is -0.0200. The number of nitrogens with zero attached hydrogens (tertiary/aromatic N) is 3. The Labute approximate surface area is 182 Å². The molecule has 3 aromatic rings. The molecule has 0 aliphatic carbocycles. The molecule has 4 rings (SSSR count). The Morgan fingerprint density at radius 2 is 1.84 bits per heavy atom. The van der Waals surface area contributed by atoms with Crippen molar-refractivity contribution in [2.45, 2.75) is 44.0 Å². The van der Waals surface area contributed by atoms with Crippen LogP contribution in [0.1, 0.15) is 46.0 Å². The van der Waals surface area contributed by atoms with E-state index >= 15 is 0 Å². The second-order valence-corrected chi connectivity index (χ2v) is 8.22. The fourth-order valence-corrected chi connectivity index (χ4v) is 4.19. The number of aromatic nitrogens is 2. The average molecular weight is 417 g/mol. The number of aliphatic hydroxyl groups is 1. The van der Waals surface area contributed by atoms with Crippen molar-refractivity contribution in [3.05, 3.63) is 95.3 Å². The predicted molar refractivity (Wildman–Crippen MR) is 119 cm³/mol. The molecule has 0 bridgehead atoms. The number of benzene rings is 2. The molecule has 1 fully saturated rings. The molecule has 0 spiro atoms. The van der Waals surface area contributed by atoms with Gasteiger partial charge in [-0.2, -0.15) is 10.2 Å². The standard InChI is InChI=1S/C25H28N4O2/c1-29(17-19-13-14-26-27-16-19)25(31)21-9-7-18(8-10-21)15-22-11-12-23(28-22)24(30)20-5-3-2-4-6-20/h2-10,13-14,16,22-24,28,30H,11-12,15,17H2,1H3/t22-,23+,24?/m0/s1. The Kier molecular flexibility index (Phi) is 6.70. The Balaban J connectivity index is 1.31. The SMILES string of the molecule is CN(Cc1ccnnc1)C(=O)c1ccc(C[C@@H]2CC[C@H](C(O)c3ccccc3)N2)cc1. The number of aliphatic hydroxyl groups excluding tert-OH is 1. The lowest BCUT2D eigenvalue weighted by Crippen LogP contribution is -2.35. The molecule has 1 amide bonds. The van der Waals surface area contributed by atoms with E-state index in [1.54, 1.807) is 24.3 Å². The van der Waals surface area contributed by atoms with Crippen LogP contribution in [-0.2, 0) is 13.0 Å². The summed E-state index contributed by atoms with van der Waals surface area (Å²) in [5, 5.41) is 21.9. The van der Waals surface area contributed by atoms with Gasteiger partial charge >= 0.3 is 0 Å². The molecule has 1 aromatic heterocycles. The Morgan fingerprint density at radius 1 is 1.06 bits per heavy atom. The number of hydrogen-bond donors (Lipinski definition) is 2. The van der Waals surface area contributed by atoms with Gasteiger partial charge < -0.3 is 15.3 Å². The van der Waals surface area contributed by atoms with Gasteiger partial charge in [0.05, 0.1) is 12.3 Å². The monoisotopic (exact) mass is 416 g/mol. The maximum atomic E-state index is 12.7. The Hall–Kier alpha value is -3.09. The second kappa shape index (κ2) is 9.81. The van der Waals surface area contributed by atoms with Crippen molar-refractivity contribution < 1.29 is 9.90 Å². The van der Waals surface area contributed by atoms with Gasteiger partial charge in [-0.25, -0.2) is 0 Å². The van der Waals surface area contributed by atoms with Gasteiger partial charge in [0.25, 0.3) is 5.91 Å². The molecule has 1 unspecified atom stereocenters. The number of carbonyl (C=O) groups excluding carboxylic acids is 1. The first kappa shape index (κ1) is 21.2. The third kappa shape index (κ3) is 5.34. The van der Waals surface area contributed by atoms with Gasteiger partial charge in [-0.05, 0) is 54.2 Å². The number of hydrogen-bond acceptors (Lipinski definition) is 5. The molecule has 0 saturated carbocycles. The van der Waals surface area contributed by atoms with Crippen LogP contribution in [-0.4, -0.2) is 45.2 Å². The minimum atomic E-state index is -0.489. The average Bonchev–Trinajstić information content (AvgIpc) is 3.28. The second-order valence-electron chi connectivity index (χ2n) is 8.22. The number of nitrogens with one attached hydrogen (secondary N) is 1. The van der Waals surface area contributed by atoms with Gasteiger partial charge in [-0.3, -0.25) is 4.79 Å². The van der Waals surface area contributed by atoms with E-state index in [1.165, 1.54) is 5.56 Å². The third-order valence-electron chi connectivity index (χ3n) is 5.89. The molecule has 2 aromatic carbocycles. The first-order chi connectivity index (χ1) is 15.1. The van der Waals surface area contributed by atoms with E-state index < -0.39 is 6.10 Å². The van der Waals surface area contributed by atoms with E-state index in [0.717, 1.165) is 30.4 Å². The number of rotatable bonds is 7. The van der Waals surface area contributed by atoms with Gasteiger partial charge in [-0.15, -0.1) is 0 Å².